The topological polar surface area (TPSA) is 32.3 Å². The Morgan fingerprint density at radius 1 is 1.26 bits per heavy atom. The first kappa shape index (κ1) is 14.5. The molecule has 1 aromatic rings. The highest BCUT2D eigenvalue weighted by atomic mass is 16.3. The summed E-state index contributed by atoms with van der Waals surface area (Å²) in [4.78, 5) is 0. The van der Waals surface area contributed by atoms with E-state index < -0.39 is 5.60 Å². The summed E-state index contributed by atoms with van der Waals surface area (Å²) in [6.07, 6.45) is 3.84. The number of nitrogens with one attached hydrogen (secondary N) is 1. The van der Waals surface area contributed by atoms with E-state index in [2.05, 4.69) is 19.2 Å². The van der Waals surface area contributed by atoms with Gasteiger partial charge in [0.1, 0.15) is 0 Å². The van der Waals surface area contributed by atoms with Crippen molar-refractivity contribution in [3.05, 3.63) is 35.9 Å². The van der Waals surface area contributed by atoms with Gasteiger partial charge in [-0.2, -0.15) is 0 Å². The van der Waals surface area contributed by atoms with E-state index in [1.165, 1.54) is 19.3 Å². The first-order chi connectivity index (χ1) is 9.04. The Bertz CT molecular complexity index is 388. The lowest BCUT2D eigenvalue weighted by Crippen LogP contribution is -2.42. The maximum absolute atomic E-state index is 10.6. The van der Waals surface area contributed by atoms with Crippen molar-refractivity contribution in [1.82, 2.24) is 5.32 Å². The fraction of sp³-hybridized carbons (Fsp3) is 0.647. The molecule has 1 saturated carbocycles. The van der Waals surface area contributed by atoms with Crippen LogP contribution in [-0.2, 0) is 5.60 Å². The Hall–Kier alpha value is -0.860. The predicted octanol–water partition coefficient (Wildman–Crippen LogP) is 3.31. The summed E-state index contributed by atoms with van der Waals surface area (Å²) in [6, 6.07) is 10.5. The molecule has 1 aliphatic rings. The van der Waals surface area contributed by atoms with Crippen LogP contribution >= 0.6 is 0 Å². The molecule has 0 bridgehead atoms. The van der Waals surface area contributed by atoms with E-state index in [0.717, 1.165) is 17.4 Å². The lowest BCUT2D eigenvalue weighted by Gasteiger charge is -2.28. The second-order valence-electron chi connectivity index (χ2n) is 6.23. The SMILES string of the molecule is CCC1CCC(NCC(C)(O)c2ccccc2)C1C. The van der Waals surface area contributed by atoms with Crippen LogP contribution in [0.1, 0.15) is 45.6 Å². The van der Waals surface area contributed by atoms with Gasteiger partial charge in [-0.15, -0.1) is 0 Å². The molecule has 0 spiro atoms. The van der Waals surface area contributed by atoms with E-state index in [-0.39, 0.29) is 0 Å². The van der Waals surface area contributed by atoms with Crippen LogP contribution < -0.4 is 5.32 Å². The van der Waals surface area contributed by atoms with Gasteiger partial charge in [0.25, 0.3) is 0 Å². The second-order valence-corrected chi connectivity index (χ2v) is 6.23. The average Bonchev–Trinajstić information content (AvgIpc) is 2.78. The van der Waals surface area contributed by atoms with Crippen molar-refractivity contribution in [2.24, 2.45) is 11.8 Å². The van der Waals surface area contributed by atoms with Crippen LogP contribution in [0.5, 0.6) is 0 Å². The molecular formula is C17H27NO. The molecule has 0 saturated heterocycles. The monoisotopic (exact) mass is 261 g/mol. The van der Waals surface area contributed by atoms with E-state index in [4.69, 9.17) is 0 Å². The van der Waals surface area contributed by atoms with Crippen LogP contribution in [0.15, 0.2) is 30.3 Å². The highest BCUT2D eigenvalue weighted by Crippen LogP contribution is 2.34. The lowest BCUT2D eigenvalue weighted by atomic mass is 9.92. The molecule has 1 aliphatic carbocycles. The van der Waals surface area contributed by atoms with E-state index in [0.29, 0.717) is 12.6 Å². The number of benzene rings is 1. The largest absolute Gasteiger partial charge is 0.384 e. The minimum Gasteiger partial charge on any atom is -0.384 e. The molecule has 2 nitrogen and oxygen atoms in total. The van der Waals surface area contributed by atoms with Crippen molar-refractivity contribution in [2.45, 2.75) is 51.7 Å². The summed E-state index contributed by atoms with van der Waals surface area (Å²) in [5, 5.41) is 14.2. The van der Waals surface area contributed by atoms with Crippen molar-refractivity contribution < 1.29 is 5.11 Å². The summed E-state index contributed by atoms with van der Waals surface area (Å²) in [5.74, 6) is 1.57. The Balaban J connectivity index is 1.92. The van der Waals surface area contributed by atoms with Gasteiger partial charge in [-0.05, 0) is 37.2 Å². The summed E-state index contributed by atoms with van der Waals surface area (Å²) in [7, 11) is 0. The molecule has 4 unspecified atom stereocenters. The van der Waals surface area contributed by atoms with E-state index in [9.17, 15) is 5.11 Å². The molecule has 0 heterocycles. The minimum atomic E-state index is -0.786. The third kappa shape index (κ3) is 3.37. The van der Waals surface area contributed by atoms with Crippen molar-refractivity contribution in [2.75, 3.05) is 6.54 Å². The first-order valence-electron chi connectivity index (χ1n) is 7.56. The van der Waals surface area contributed by atoms with E-state index in [1.54, 1.807) is 0 Å². The van der Waals surface area contributed by atoms with Gasteiger partial charge in [-0.25, -0.2) is 0 Å². The second kappa shape index (κ2) is 6.06. The third-order valence-corrected chi connectivity index (χ3v) is 4.86. The fourth-order valence-corrected chi connectivity index (χ4v) is 3.34. The maximum Gasteiger partial charge on any atom is 0.0992 e. The zero-order chi connectivity index (χ0) is 13.9. The van der Waals surface area contributed by atoms with Gasteiger partial charge in [-0.1, -0.05) is 50.6 Å². The quantitative estimate of drug-likeness (QED) is 0.852. The van der Waals surface area contributed by atoms with Gasteiger partial charge >= 0.3 is 0 Å². The van der Waals surface area contributed by atoms with Crippen LogP contribution in [0.2, 0.25) is 0 Å². The van der Waals surface area contributed by atoms with Gasteiger partial charge in [0.05, 0.1) is 5.60 Å². The Labute approximate surface area is 117 Å². The molecule has 1 fully saturated rings. The van der Waals surface area contributed by atoms with Crippen LogP contribution in [0.25, 0.3) is 0 Å². The Morgan fingerprint density at radius 3 is 2.53 bits per heavy atom. The van der Waals surface area contributed by atoms with E-state index in [1.807, 2.05) is 37.3 Å². The van der Waals surface area contributed by atoms with Crippen molar-refractivity contribution in [3.63, 3.8) is 0 Å². The number of aliphatic hydroxyl groups is 1. The first-order valence-corrected chi connectivity index (χ1v) is 7.56. The van der Waals surface area contributed by atoms with Gasteiger partial charge in [0.2, 0.25) is 0 Å². The molecule has 2 rings (SSSR count). The summed E-state index contributed by atoms with van der Waals surface area (Å²) >= 11 is 0. The Morgan fingerprint density at radius 2 is 1.95 bits per heavy atom. The van der Waals surface area contributed by atoms with Gasteiger partial charge < -0.3 is 10.4 Å². The normalized spacial score (nSPS) is 30.2. The van der Waals surface area contributed by atoms with Crippen molar-refractivity contribution in [3.8, 4) is 0 Å². The number of rotatable bonds is 5. The molecule has 0 amide bonds. The minimum absolute atomic E-state index is 0.556. The molecule has 1 aromatic carbocycles. The zero-order valence-corrected chi connectivity index (χ0v) is 12.4. The van der Waals surface area contributed by atoms with Crippen molar-refractivity contribution >= 4 is 0 Å². The third-order valence-electron chi connectivity index (χ3n) is 4.86. The van der Waals surface area contributed by atoms with Crippen LogP contribution in [0.3, 0.4) is 0 Å². The van der Waals surface area contributed by atoms with Gasteiger partial charge in [0, 0.05) is 12.6 Å². The zero-order valence-electron chi connectivity index (χ0n) is 12.4. The standard InChI is InChI=1S/C17H27NO/c1-4-14-10-11-16(13(14)2)18-12-17(3,19)15-8-6-5-7-9-15/h5-9,13-14,16,18-19H,4,10-12H2,1-3H3. The summed E-state index contributed by atoms with van der Waals surface area (Å²) in [5.41, 5.74) is 0.200. The highest BCUT2D eigenvalue weighted by Gasteiger charge is 2.33. The van der Waals surface area contributed by atoms with Crippen molar-refractivity contribution in [1.29, 1.82) is 0 Å². The molecular weight excluding hydrogens is 234 g/mol. The maximum atomic E-state index is 10.6. The highest BCUT2D eigenvalue weighted by molar-refractivity contribution is 5.21. The van der Waals surface area contributed by atoms with Crippen LogP contribution in [0, 0.1) is 11.8 Å². The van der Waals surface area contributed by atoms with Crippen LogP contribution in [-0.4, -0.2) is 17.7 Å². The smallest absolute Gasteiger partial charge is 0.0992 e. The molecule has 0 radical (unpaired) electrons. The van der Waals surface area contributed by atoms with E-state index >= 15 is 0 Å². The molecule has 0 aliphatic heterocycles. The summed E-state index contributed by atoms with van der Waals surface area (Å²) < 4.78 is 0. The average molecular weight is 261 g/mol. The molecule has 0 aromatic heterocycles. The number of hydrogen-bond donors (Lipinski definition) is 2. The lowest BCUT2D eigenvalue weighted by molar-refractivity contribution is 0.0521. The molecule has 4 atom stereocenters. The molecule has 106 valence electrons. The van der Waals surface area contributed by atoms with Gasteiger partial charge in [0.15, 0.2) is 0 Å². The fourth-order valence-electron chi connectivity index (χ4n) is 3.34. The molecule has 2 heteroatoms. The Kier molecular flexibility index (Phi) is 4.64. The number of hydrogen-bond acceptors (Lipinski definition) is 2. The summed E-state index contributed by atoms with van der Waals surface area (Å²) in [6.45, 7) is 7.15. The molecule has 19 heavy (non-hydrogen) atoms. The van der Waals surface area contributed by atoms with Gasteiger partial charge in [-0.3, -0.25) is 0 Å². The molecule has 2 N–H and O–H groups in total. The predicted molar refractivity (Wildman–Crippen MR) is 80.0 cm³/mol. The van der Waals surface area contributed by atoms with Crippen LogP contribution in [0.4, 0.5) is 0 Å².